The lowest BCUT2D eigenvalue weighted by Gasteiger charge is -2.36. The molecule has 6 heteroatoms. The first-order chi connectivity index (χ1) is 17.1. The molecule has 176 valence electrons. The quantitative estimate of drug-likeness (QED) is 0.449. The van der Waals surface area contributed by atoms with Crippen LogP contribution in [0.3, 0.4) is 0 Å². The number of hydrogen-bond donors (Lipinski definition) is 2. The molecule has 2 heterocycles. The smallest absolute Gasteiger partial charge is 0.254 e. The molecule has 0 bridgehead atoms. The number of nitrogens with zero attached hydrogens (tertiary/aromatic N) is 3. The van der Waals surface area contributed by atoms with Crippen molar-refractivity contribution in [1.29, 1.82) is 0 Å². The zero-order valence-corrected chi connectivity index (χ0v) is 19.3. The number of hydrogen-bond acceptors (Lipinski definition) is 5. The van der Waals surface area contributed by atoms with Crippen LogP contribution in [-0.4, -0.2) is 52.2 Å². The number of amides is 1. The highest BCUT2D eigenvalue weighted by Crippen LogP contribution is 2.35. The van der Waals surface area contributed by atoms with Crippen molar-refractivity contribution < 1.29 is 15.0 Å². The van der Waals surface area contributed by atoms with Crippen LogP contribution < -0.4 is 4.90 Å². The molecule has 5 rings (SSSR count). The average molecular weight is 466 g/mol. The largest absolute Gasteiger partial charge is 0.508 e. The molecule has 6 nitrogen and oxygen atoms in total. The standard InChI is InChI=1S/C29H27N3O3/c33-24-10-6-21(7-11-24)28(22-8-12-25(34)13-9-22)27-20-30-15-14-26(27)29(35)32-18-16-31(17-19-32)23-4-2-1-3-5-23/h1-15,20,28,33-34H,16-19H2. The van der Waals surface area contributed by atoms with Gasteiger partial charge in [-0.3, -0.25) is 9.78 Å². The van der Waals surface area contributed by atoms with Crippen molar-refractivity contribution >= 4 is 11.6 Å². The molecule has 1 aliphatic rings. The average Bonchev–Trinajstić information content (AvgIpc) is 2.91. The molecule has 0 radical (unpaired) electrons. The summed E-state index contributed by atoms with van der Waals surface area (Å²) in [6.45, 7) is 2.82. The van der Waals surface area contributed by atoms with Gasteiger partial charge in [0.2, 0.25) is 0 Å². The molecule has 35 heavy (non-hydrogen) atoms. The van der Waals surface area contributed by atoms with Gasteiger partial charge in [0.1, 0.15) is 11.5 Å². The van der Waals surface area contributed by atoms with Gasteiger partial charge in [-0.1, -0.05) is 42.5 Å². The third kappa shape index (κ3) is 4.82. The molecule has 0 aliphatic carbocycles. The van der Waals surface area contributed by atoms with E-state index in [0.717, 1.165) is 29.8 Å². The lowest BCUT2D eigenvalue weighted by Crippen LogP contribution is -2.49. The number of piperazine rings is 1. The van der Waals surface area contributed by atoms with Gasteiger partial charge < -0.3 is 20.0 Å². The minimum atomic E-state index is -0.283. The van der Waals surface area contributed by atoms with E-state index in [2.05, 4.69) is 22.0 Å². The van der Waals surface area contributed by atoms with Gasteiger partial charge >= 0.3 is 0 Å². The van der Waals surface area contributed by atoms with Crippen molar-refractivity contribution in [3.8, 4) is 11.5 Å². The third-order valence-electron chi connectivity index (χ3n) is 6.53. The zero-order valence-electron chi connectivity index (χ0n) is 19.3. The van der Waals surface area contributed by atoms with Crippen molar-refractivity contribution in [3.05, 3.63) is 120 Å². The molecule has 1 amide bonds. The van der Waals surface area contributed by atoms with Gasteiger partial charge in [-0.05, 0) is 59.2 Å². The second kappa shape index (κ2) is 9.89. The maximum Gasteiger partial charge on any atom is 0.254 e. The van der Waals surface area contributed by atoms with E-state index in [4.69, 9.17) is 0 Å². The van der Waals surface area contributed by atoms with Crippen LogP contribution in [0, 0.1) is 0 Å². The fourth-order valence-corrected chi connectivity index (χ4v) is 4.69. The molecule has 0 unspecified atom stereocenters. The van der Waals surface area contributed by atoms with Crippen molar-refractivity contribution in [3.63, 3.8) is 0 Å². The first-order valence-corrected chi connectivity index (χ1v) is 11.7. The number of benzene rings is 3. The van der Waals surface area contributed by atoms with Crippen molar-refractivity contribution in [2.24, 2.45) is 0 Å². The molecule has 1 fully saturated rings. The highest BCUT2D eigenvalue weighted by Gasteiger charge is 2.28. The summed E-state index contributed by atoms with van der Waals surface area (Å²) >= 11 is 0. The molecule has 1 saturated heterocycles. The molecule has 0 saturated carbocycles. The Kier molecular flexibility index (Phi) is 6.35. The number of rotatable bonds is 5. The normalized spacial score (nSPS) is 13.7. The first-order valence-electron chi connectivity index (χ1n) is 11.7. The number of aromatic nitrogens is 1. The van der Waals surface area contributed by atoms with E-state index in [-0.39, 0.29) is 23.3 Å². The minimum absolute atomic E-state index is 0.0160. The van der Waals surface area contributed by atoms with Crippen molar-refractivity contribution in [2.75, 3.05) is 31.1 Å². The Bertz CT molecular complexity index is 1240. The number of phenols is 2. The lowest BCUT2D eigenvalue weighted by molar-refractivity contribution is 0.0745. The molecule has 3 aromatic carbocycles. The number of carbonyl (C=O) groups is 1. The Morgan fingerprint density at radius 1 is 0.743 bits per heavy atom. The van der Waals surface area contributed by atoms with Crippen LogP contribution in [0.15, 0.2) is 97.3 Å². The number of para-hydroxylation sites is 1. The van der Waals surface area contributed by atoms with E-state index < -0.39 is 0 Å². The molecular formula is C29H27N3O3. The highest BCUT2D eigenvalue weighted by molar-refractivity contribution is 5.96. The zero-order chi connectivity index (χ0) is 24.2. The molecule has 1 aromatic heterocycles. The molecule has 2 N–H and O–H groups in total. The summed E-state index contributed by atoms with van der Waals surface area (Å²) < 4.78 is 0. The Morgan fingerprint density at radius 2 is 1.31 bits per heavy atom. The summed E-state index contributed by atoms with van der Waals surface area (Å²) in [6.07, 6.45) is 3.40. The number of aromatic hydroxyl groups is 2. The van der Waals surface area contributed by atoms with Gasteiger partial charge in [0.15, 0.2) is 0 Å². The third-order valence-corrected chi connectivity index (χ3v) is 6.53. The van der Waals surface area contributed by atoms with Gasteiger partial charge in [-0.15, -0.1) is 0 Å². The topological polar surface area (TPSA) is 76.9 Å². The molecule has 1 aliphatic heterocycles. The number of carbonyl (C=O) groups excluding carboxylic acids is 1. The van der Waals surface area contributed by atoms with Gasteiger partial charge in [0, 0.05) is 55.7 Å². The van der Waals surface area contributed by atoms with Crippen LogP contribution in [0.5, 0.6) is 11.5 Å². The molecule has 0 atom stereocenters. The predicted molar refractivity (Wildman–Crippen MR) is 136 cm³/mol. The van der Waals surface area contributed by atoms with Crippen LogP contribution in [0.2, 0.25) is 0 Å². The second-order valence-electron chi connectivity index (χ2n) is 8.69. The lowest BCUT2D eigenvalue weighted by atomic mass is 9.83. The Morgan fingerprint density at radius 3 is 1.89 bits per heavy atom. The van der Waals surface area contributed by atoms with E-state index in [0.29, 0.717) is 18.7 Å². The maximum atomic E-state index is 13.7. The molecule has 4 aromatic rings. The summed E-state index contributed by atoms with van der Waals surface area (Å²) in [5.41, 5.74) is 4.41. The van der Waals surface area contributed by atoms with Crippen LogP contribution in [0.1, 0.15) is 33.0 Å². The molecular weight excluding hydrogens is 438 g/mol. The maximum absolute atomic E-state index is 13.7. The summed E-state index contributed by atoms with van der Waals surface area (Å²) in [7, 11) is 0. The molecule has 0 spiro atoms. The summed E-state index contributed by atoms with van der Waals surface area (Å²) in [5, 5.41) is 19.6. The van der Waals surface area contributed by atoms with Crippen LogP contribution in [0.4, 0.5) is 5.69 Å². The fourth-order valence-electron chi connectivity index (χ4n) is 4.69. The summed E-state index contributed by atoms with van der Waals surface area (Å²) in [6, 6.07) is 26.0. The number of pyridine rings is 1. The fraction of sp³-hybridized carbons (Fsp3) is 0.172. The number of phenolic OH excluding ortho intramolecular Hbond substituents is 2. The van der Waals surface area contributed by atoms with Gasteiger partial charge in [0.05, 0.1) is 0 Å². The van der Waals surface area contributed by atoms with Gasteiger partial charge in [-0.2, -0.15) is 0 Å². The van der Waals surface area contributed by atoms with Crippen molar-refractivity contribution in [1.82, 2.24) is 9.88 Å². The van der Waals surface area contributed by atoms with Crippen LogP contribution in [0.25, 0.3) is 0 Å². The van der Waals surface area contributed by atoms with Gasteiger partial charge in [0.25, 0.3) is 5.91 Å². The summed E-state index contributed by atoms with van der Waals surface area (Å²) in [5.74, 6) is 0.0566. The summed E-state index contributed by atoms with van der Waals surface area (Å²) in [4.78, 5) is 22.3. The van der Waals surface area contributed by atoms with Crippen molar-refractivity contribution in [2.45, 2.75) is 5.92 Å². The number of anilines is 1. The van der Waals surface area contributed by atoms with E-state index >= 15 is 0 Å². The SMILES string of the molecule is O=C(c1ccncc1C(c1ccc(O)cc1)c1ccc(O)cc1)N1CCN(c2ccccc2)CC1. The van der Waals surface area contributed by atoms with Crippen LogP contribution in [-0.2, 0) is 0 Å². The van der Waals surface area contributed by atoms with E-state index in [1.807, 2.05) is 47.4 Å². The minimum Gasteiger partial charge on any atom is -0.508 e. The Labute approximate surface area is 204 Å². The van der Waals surface area contributed by atoms with E-state index in [1.165, 1.54) is 5.69 Å². The van der Waals surface area contributed by atoms with Crippen LogP contribution >= 0.6 is 0 Å². The van der Waals surface area contributed by atoms with Gasteiger partial charge in [-0.25, -0.2) is 0 Å². The Balaban J connectivity index is 1.46. The Hall–Kier alpha value is -4.32. The highest BCUT2D eigenvalue weighted by atomic mass is 16.3. The van der Waals surface area contributed by atoms with E-state index in [9.17, 15) is 15.0 Å². The first kappa shape index (κ1) is 22.5. The predicted octanol–water partition coefficient (Wildman–Crippen LogP) is 4.64. The van der Waals surface area contributed by atoms with E-state index in [1.54, 1.807) is 42.7 Å². The second-order valence-corrected chi connectivity index (χ2v) is 8.69. The monoisotopic (exact) mass is 465 g/mol.